The summed E-state index contributed by atoms with van der Waals surface area (Å²) in [5.41, 5.74) is 5.22. The molecule has 0 spiro atoms. The lowest BCUT2D eigenvalue weighted by molar-refractivity contribution is 0.0786. The van der Waals surface area contributed by atoms with E-state index in [0.717, 1.165) is 23.0 Å². The molecule has 1 amide bonds. The van der Waals surface area contributed by atoms with Crippen molar-refractivity contribution >= 4 is 50.8 Å². The van der Waals surface area contributed by atoms with Gasteiger partial charge in [0.05, 0.1) is 33.5 Å². The van der Waals surface area contributed by atoms with Crippen molar-refractivity contribution in [1.29, 1.82) is 0 Å². The van der Waals surface area contributed by atoms with Crippen LogP contribution in [-0.4, -0.2) is 75.7 Å². The van der Waals surface area contributed by atoms with Crippen molar-refractivity contribution in [2.75, 3.05) is 34.2 Å². The number of fused-ring (bicyclic) bond motifs is 2. The summed E-state index contributed by atoms with van der Waals surface area (Å²) in [7, 11) is 5.75. The van der Waals surface area contributed by atoms with Crippen LogP contribution in [0.4, 0.5) is 5.69 Å². The molecule has 0 saturated carbocycles. The van der Waals surface area contributed by atoms with E-state index in [0.29, 0.717) is 45.1 Å². The molecule has 38 heavy (non-hydrogen) atoms. The smallest absolute Gasteiger partial charge is 0.253 e. The second-order valence-electron chi connectivity index (χ2n) is 9.34. The molecule has 0 atom stereocenters. The Kier molecular flexibility index (Phi) is 7.09. The highest BCUT2D eigenvalue weighted by Gasteiger charge is 2.20. The Morgan fingerprint density at radius 1 is 0.921 bits per heavy atom. The number of aromatic amines is 1. The average Bonchev–Trinajstić information content (AvgIpc) is 3.24. The molecule has 0 bridgehead atoms. The molecule has 2 heterocycles. The Hall–Kier alpha value is -4.27. The number of aromatic hydroxyl groups is 1. The fraction of sp³-hybridized carbons (Fsp3) is 0.172. The second kappa shape index (κ2) is 10.6. The molecule has 0 unspecified atom stereocenters. The van der Waals surface area contributed by atoms with Crippen LogP contribution in [0.5, 0.6) is 5.88 Å². The van der Waals surface area contributed by atoms with Gasteiger partial charge < -0.3 is 19.9 Å². The summed E-state index contributed by atoms with van der Waals surface area (Å²) in [5.74, 6) is -0.0727. The Balaban J connectivity index is 1.58. The molecule has 0 saturated heterocycles. The number of H-pyrrole nitrogens is 1. The molecule has 5 rings (SSSR count). The van der Waals surface area contributed by atoms with Crippen LogP contribution in [0.2, 0.25) is 5.02 Å². The van der Waals surface area contributed by atoms with E-state index in [2.05, 4.69) is 15.0 Å². The number of carbonyl (C=O) groups excluding carboxylic acids is 1. The van der Waals surface area contributed by atoms with Gasteiger partial charge in [0.2, 0.25) is 0 Å². The Bertz CT molecular complexity index is 1660. The number of nitrogens with one attached hydrogen (secondary N) is 1. The maximum absolute atomic E-state index is 12.9. The van der Waals surface area contributed by atoms with Gasteiger partial charge in [0, 0.05) is 54.1 Å². The molecule has 0 radical (unpaired) electrons. The van der Waals surface area contributed by atoms with Gasteiger partial charge in [-0.05, 0) is 62.6 Å². The van der Waals surface area contributed by atoms with Crippen LogP contribution in [0, 0.1) is 0 Å². The summed E-state index contributed by atoms with van der Waals surface area (Å²) in [4.78, 5) is 33.3. The highest BCUT2D eigenvalue weighted by molar-refractivity contribution is 6.31. The fourth-order valence-electron chi connectivity index (χ4n) is 4.25. The van der Waals surface area contributed by atoms with E-state index in [1.165, 1.54) is 0 Å². The molecule has 9 heteroatoms. The van der Waals surface area contributed by atoms with E-state index in [1.807, 2.05) is 43.3 Å². The molecule has 0 aliphatic heterocycles. The van der Waals surface area contributed by atoms with Crippen molar-refractivity contribution in [1.82, 2.24) is 24.8 Å². The first kappa shape index (κ1) is 25.4. The molecule has 0 fully saturated rings. The molecule has 8 nitrogen and oxygen atoms in total. The van der Waals surface area contributed by atoms with E-state index in [4.69, 9.17) is 16.6 Å². The van der Waals surface area contributed by atoms with Crippen LogP contribution in [0.1, 0.15) is 21.5 Å². The summed E-state index contributed by atoms with van der Waals surface area (Å²) < 4.78 is 0. The zero-order valence-electron chi connectivity index (χ0n) is 21.3. The topological polar surface area (TPSA) is 97.7 Å². The largest absolute Gasteiger partial charge is 0.494 e. The van der Waals surface area contributed by atoms with Crippen molar-refractivity contribution in [3.63, 3.8) is 0 Å². The van der Waals surface area contributed by atoms with E-state index in [-0.39, 0.29) is 11.8 Å². The van der Waals surface area contributed by atoms with Crippen molar-refractivity contribution in [3.05, 3.63) is 94.8 Å². The third-order valence-electron chi connectivity index (χ3n) is 6.30. The van der Waals surface area contributed by atoms with Gasteiger partial charge in [-0.25, -0.2) is 4.99 Å². The zero-order chi connectivity index (χ0) is 26.8. The van der Waals surface area contributed by atoms with Crippen molar-refractivity contribution in [2.45, 2.75) is 0 Å². The van der Waals surface area contributed by atoms with Crippen LogP contribution >= 0.6 is 11.6 Å². The van der Waals surface area contributed by atoms with Gasteiger partial charge in [-0.2, -0.15) is 0 Å². The number of carbonyl (C=O) groups is 1. The van der Waals surface area contributed by atoms with Crippen LogP contribution in [0.3, 0.4) is 0 Å². The van der Waals surface area contributed by atoms with E-state index in [9.17, 15) is 9.90 Å². The van der Waals surface area contributed by atoms with Gasteiger partial charge in [-0.1, -0.05) is 23.7 Å². The van der Waals surface area contributed by atoms with Gasteiger partial charge in [0.15, 0.2) is 5.88 Å². The lowest BCUT2D eigenvalue weighted by Gasteiger charge is -2.19. The fourth-order valence-corrected chi connectivity index (χ4v) is 4.42. The minimum atomic E-state index is -0.0538. The molecule has 2 N–H and O–H groups in total. The van der Waals surface area contributed by atoms with E-state index < -0.39 is 0 Å². The lowest BCUT2D eigenvalue weighted by atomic mass is 10.00. The highest BCUT2D eigenvalue weighted by Crippen LogP contribution is 2.33. The highest BCUT2D eigenvalue weighted by atomic mass is 35.5. The summed E-state index contributed by atoms with van der Waals surface area (Å²) in [6.45, 7) is 1.41. The van der Waals surface area contributed by atoms with Crippen LogP contribution < -0.4 is 0 Å². The van der Waals surface area contributed by atoms with E-state index >= 15 is 0 Å². The maximum atomic E-state index is 12.9. The van der Waals surface area contributed by atoms with Crippen LogP contribution in [-0.2, 0) is 0 Å². The zero-order valence-corrected chi connectivity index (χ0v) is 22.1. The molecule has 3 aromatic carbocycles. The predicted molar refractivity (Wildman–Crippen MR) is 152 cm³/mol. The van der Waals surface area contributed by atoms with Gasteiger partial charge in [-0.15, -0.1) is 0 Å². The number of benzene rings is 3. The Morgan fingerprint density at radius 3 is 2.37 bits per heavy atom. The minimum absolute atomic E-state index is 0.0189. The molecular weight excluding hydrogens is 500 g/mol. The summed E-state index contributed by atoms with van der Waals surface area (Å²) in [6, 6.07) is 18.2. The van der Waals surface area contributed by atoms with Gasteiger partial charge in [0.1, 0.15) is 0 Å². The standard InChI is InChI=1S/C29H27ClN6O2/c1-35(2)14-15-36(3)29(38)18-4-8-21(9-5-18)33-27(19-6-11-23-25(16-19)32-13-12-31-23)26-22-10-7-20(30)17-24(22)34-28(26)37/h4-13,16-17,34,37H,14-15H2,1-3H3. The van der Waals surface area contributed by atoms with Crippen molar-refractivity contribution in [3.8, 4) is 5.88 Å². The number of nitrogens with zero attached hydrogens (tertiary/aromatic N) is 5. The summed E-state index contributed by atoms with van der Waals surface area (Å²) in [5, 5.41) is 12.3. The first-order chi connectivity index (χ1) is 18.3. The summed E-state index contributed by atoms with van der Waals surface area (Å²) >= 11 is 6.19. The lowest BCUT2D eigenvalue weighted by Crippen LogP contribution is -2.33. The number of rotatable bonds is 7. The van der Waals surface area contributed by atoms with Gasteiger partial charge >= 0.3 is 0 Å². The molecule has 192 valence electrons. The maximum Gasteiger partial charge on any atom is 0.253 e. The minimum Gasteiger partial charge on any atom is -0.494 e. The van der Waals surface area contributed by atoms with Crippen LogP contribution in [0.15, 0.2) is 78.0 Å². The van der Waals surface area contributed by atoms with Gasteiger partial charge in [0.25, 0.3) is 5.91 Å². The van der Waals surface area contributed by atoms with E-state index in [1.54, 1.807) is 60.7 Å². The number of hydrogen-bond acceptors (Lipinski definition) is 6. The number of aromatic nitrogens is 3. The third kappa shape index (κ3) is 5.22. The Labute approximate surface area is 225 Å². The molecule has 0 aliphatic rings. The quantitative estimate of drug-likeness (QED) is 0.281. The second-order valence-corrected chi connectivity index (χ2v) is 9.77. The molecule has 0 aliphatic carbocycles. The van der Waals surface area contributed by atoms with Crippen LogP contribution in [0.25, 0.3) is 21.9 Å². The first-order valence-corrected chi connectivity index (χ1v) is 12.5. The normalized spacial score (nSPS) is 12.0. The first-order valence-electron chi connectivity index (χ1n) is 12.1. The summed E-state index contributed by atoms with van der Waals surface area (Å²) in [6.07, 6.45) is 3.28. The predicted octanol–water partition coefficient (Wildman–Crippen LogP) is 5.27. The monoisotopic (exact) mass is 526 g/mol. The average molecular weight is 527 g/mol. The van der Waals surface area contributed by atoms with Crippen molar-refractivity contribution < 1.29 is 9.90 Å². The molecular formula is C29H27ClN6O2. The number of hydrogen-bond donors (Lipinski definition) is 2. The number of likely N-dealkylation sites (N-methyl/N-ethyl adjacent to an activating group) is 2. The number of amides is 1. The molecule has 5 aromatic rings. The van der Waals surface area contributed by atoms with Crippen molar-refractivity contribution in [2.24, 2.45) is 4.99 Å². The Morgan fingerprint density at radius 2 is 1.63 bits per heavy atom. The third-order valence-corrected chi connectivity index (χ3v) is 6.54. The number of halogens is 1. The molecule has 2 aromatic heterocycles. The SMILES string of the molecule is CN(C)CCN(C)C(=O)c1ccc(N=C(c2ccc3nccnc3c2)c2c(O)[nH]c3cc(Cl)ccc23)cc1. The van der Waals surface area contributed by atoms with Gasteiger partial charge in [-0.3, -0.25) is 14.8 Å². The number of aliphatic imine (C=N–C) groups is 1.